The van der Waals surface area contributed by atoms with Crippen molar-refractivity contribution >= 4 is 33.3 Å². The number of benzene rings is 1. The number of thioether (sulfide) groups is 1. The maximum absolute atomic E-state index is 12.8. The highest BCUT2D eigenvalue weighted by Crippen LogP contribution is 2.38. The first-order valence-corrected chi connectivity index (χ1v) is 10.6. The lowest BCUT2D eigenvalue weighted by molar-refractivity contribution is 0.413. The van der Waals surface area contributed by atoms with E-state index < -0.39 is 0 Å². The fraction of sp³-hybridized carbons (Fsp3) is 0.400. The molecular weight excluding hydrogens is 364 g/mol. The number of rotatable bonds is 4. The van der Waals surface area contributed by atoms with Gasteiger partial charge in [0.15, 0.2) is 0 Å². The second kappa shape index (κ2) is 7.08. The molecule has 1 aliphatic rings. The molecule has 2 atom stereocenters. The van der Waals surface area contributed by atoms with Gasteiger partial charge in [-0.2, -0.15) is 0 Å². The second-order valence-electron chi connectivity index (χ2n) is 6.92. The molecule has 4 rings (SSSR count). The Bertz CT molecular complexity index is 1010. The molecule has 136 valence electrons. The molecule has 0 saturated heterocycles. The predicted molar refractivity (Wildman–Crippen MR) is 109 cm³/mol. The van der Waals surface area contributed by atoms with Crippen LogP contribution in [0.4, 0.5) is 0 Å². The molecule has 0 amide bonds. The van der Waals surface area contributed by atoms with Crippen molar-refractivity contribution in [1.29, 1.82) is 0 Å². The number of fused-ring (bicyclic) bond motifs is 3. The highest BCUT2D eigenvalue weighted by molar-refractivity contribution is 7.99. The van der Waals surface area contributed by atoms with Crippen LogP contribution >= 0.6 is 23.1 Å². The van der Waals surface area contributed by atoms with Gasteiger partial charge in [-0.1, -0.05) is 13.0 Å². The van der Waals surface area contributed by atoms with E-state index in [1.165, 1.54) is 10.4 Å². The van der Waals surface area contributed by atoms with Crippen molar-refractivity contribution in [1.82, 2.24) is 9.97 Å². The van der Waals surface area contributed by atoms with E-state index in [0.29, 0.717) is 5.92 Å². The van der Waals surface area contributed by atoms with E-state index >= 15 is 0 Å². The Labute approximate surface area is 161 Å². The van der Waals surface area contributed by atoms with Gasteiger partial charge < -0.3 is 9.72 Å². The third-order valence-corrected chi connectivity index (χ3v) is 7.17. The summed E-state index contributed by atoms with van der Waals surface area (Å²) in [7, 11) is 1.67. The maximum atomic E-state index is 12.8. The van der Waals surface area contributed by atoms with Gasteiger partial charge in [-0.15, -0.1) is 23.1 Å². The molecule has 0 aliphatic heterocycles. The summed E-state index contributed by atoms with van der Waals surface area (Å²) in [6.45, 7) is 4.35. The Morgan fingerprint density at radius 2 is 2.27 bits per heavy atom. The van der Waals surface area contributed by atoms with E-state index in [1.54, 1.807) is 30.2 Å². The van der Waals surface area contributed by atoms with E-state index in [1.807, 2.05) is 24.3 Å². The summed E-state index contributed by atoms with van der Waals surface area (Å²) in [4.78, 5) is 23.9. The molecule has 0 saturated carbocycles. The highest BCUT2D eigenvalue weighted by Gasteiger charge is 2.23. The van der Waals surface area contributed by atoms with Gasteiger partial charge in [0.05, 0.1) is 17.7 Å². The van der Waals surface area contributed by atoms with Gasteiger partial charge in [0.1, 0.15) is 16.4 Å². The number of methoxy groups -OCH3 is 1. The molecule has 2 aromatic heterocycles. The van der Waals surface area contributed by atoms with Crippen LogP contribution in [0.3, 0.4) is 0 Å². The Morgan fingerprint density at radius 3 is 3.08 bits per heavy atom. The van der Waals surface area contributed by atoms with Crippen LogP contribution < -0.4 is 10.3 Å². The number of hydrogen-bond donors (Lipinski definition) is 1. The lowest BCUT2D eigenvalue weighted by atomic mass is 9.89. The molecule has 0 radical (unpaired) electrons. The summed E-state index contributed by atoms with van der Waals surface area (Å²) in [5.41, 5.74) is 1.24. The van der Waals surface area contributed by atoms with Gasteiger partial charge in [-0.05, 0) is 55.9 Å². The summed E-state index contributed by atoms with van der Waals surface area (Å²) in [6, 6.07) is 7.95. The average molecular weight is 387 g/mol. The predicted octanol–water partition coefficient (Wildman–Crippen LogP) is 4.97. The smallest absolute Gasteiger partial charge is 0.259 e. The van der Waals surface area contributed by atoms with Crippen molar-refractivity contribution in [3.63, 3.8) is 0 Å². The van der Waals surface area contributed by atoms with Gasteiger partial charge in [-0.25, -0.2) is 4.98 Å². The molecule has 0 fully saturated rings. The topological polar surface area (TPSA) is 55.0 Å². The summed E-state index contributed by atoms with van der Waals surface area (Å²) in [5, 5.41) is 0.872. The number of H-pyrrole nitrogens is 1. The van der Waals surface area contributed by atoms with Gasteiger partial charge >= 0.3 is 0 Å². The van der Waals surface area contributed by atoms with E-state index in [0.717, 1.165) is 45.9 Å². The molecule has 6 heteroatoms. The largest absolute Gasteiger partial charge is 0.497 e. The summed E-state index contributed by atoms with van der Waals surface area (Å²) in [5.74, 6) is 2.26. The maximum Gasteiger partial charge on any atom is 0.259 e. The SMILES string of the molecule is COc1cccc(SC(C)c2nc3sc4c(c3c(=O)[nH]2)CCC(C)C4)c1. The molecule has 1 N–H and O–H groups in total. The Balaban J connectivity index is 1.67. The van der Waals surface area contributed by atoms with Crippen LogP contribution in [0.2, 0.25) is 0 Å². The molecule has 3 aromatic rings. The minimum Gasteiger partial charge on any atom is -0.497 e. The molecular formula is C20H22N2O2S2. The first kappa shape index (κ1) is 17.6. The molecule has 2 heterocycles. The van der Waals surface area contributed by atoms with Gasteiger partial charge in [0, 0.05) is 9.77 Å². The van der Waals surface area contributed by atoms with Gasteiger partial charge in [0.25, 0.3) is 5.56 Å². The average Bonchev–Trinajstić information content (AvgIpc) is 2.99. The van der Waals surface area contributed by atoms with Crippen LogP contribution in [-0.4, -0.2) is 17.1 Å². The number of aromatic nitrogens is 2. The number of ether oxygens (including phenoxy) is 1. The molecule has 0 spiro atoms. The van der Waals surface area contributed by atoms with Crippen molar-refractivity contribution in [2.45, 2.75) is 43.3 Å². The summed E-state index contributed by atoms with van der Waals surface area (Å²) < 4.78 is 5.29. The zero-order chi connectivity index (χ0) is 18.3. The van der Waals surface area contributed by atoms with Crippen LogP contribution in [0, 0.1) is 5.92 Å². The highest BCUT2D eigenvalue weighted by atomic mass is 32.2. The number of aromatic amines is 1. The fourth-order valence-electron chi connectivity index (χ4n) is 3.49. The van der Waals surface area contributed by atoms with Crippen molar-refractivity contribution in [3.8, 4) is 5.75 Å². The zero-order valence-electron chi connectivity index (χ0n) is 15.2. The lowest BCUT2D eigenvalue weighted by Crippen LogP contribution is -2.15. The third kappa shape index (κ3) is 3.28. The molecule has 1 aromatic carbocycles. The van der Waals surface area contributed by atoms with Crippen LogP contribution in [-0.2, 0) is 12.8 Å². The van der Waals surface area contributed by atoms with Crippen molar-refractivity contribution in [3.05, 3.63) is 50.9 Å². The Hall–Kier alpha value is -1.79. The monoisotopic (exact) mass is 386 g/mol. The van der Waals surface area contributed by atoms with E-state index in [9.17, 15) is 4.79 Å². The van der Waals surface area contributed by atoms with E-state index in [2.05, 4.69) is 18.8 Å². The zero-order valence-corrected chi connectivity index (χ0v) is 16.8. The summed E-state index contributed by atoms with van der Waals surface area (Å²) in [6.07, 6.45) is 3.22. The number of nitrogens with zero attached hydrogens (tertiary/aromatic N) is 1. The minimum absolute atomic E-state index is 0.00939. The lowest BCUT2D eigenvalue weighted by Gasteiger charge is -2.17. The Morgan fingerprint density at radius 1 is 1.42 bits per heavy atom. The van der Waals surface area contributed by atoms with E-state index in [4.69, 9.17) is 9.72 Å². The first-order chi connectivity index (χ1) is 12.5. The normalized spacial score (nSPS) is 17.9. The Kier molecular flexibility index (Phi) is 4.80. The molecule has 26 heavy (non-hydrogen) atoms. The molecule has 4 nitrogen and oxygen atoms in total. The first-order valence-electron chi connectivity index (χ1n) is 8.90. The minimum atomic E-state index is 0.00939. The molecule has 0 bridgehead atoms. The van der Waals surface area contributed by atoms with Crippen LogP contribution in [0.25, 0.3) is 10.2 Å². The van der Waals surface area contributed by atoms with Gasteiger partial charge in [-0.3, -0.25) is 4.79 Å². The third-order valence-electron chi connectivity index (χ3n) is 4.92. The second-order valence-corrected chi connectivity index (χ2v) is 9.42. The standard InChI is InChI=1S/C20H22N2O2S2/c1-11-7-8-15-16(9-11)26-20-17(15)19(23)21-18(22-20)12(2)25-14-6-4-5-13(10-14)24-3/h4-6,10-12H,7-9H2,1-3H3,(H,21,22,23). The van der Waals surface area contributed by atoms with Crippen LogP contribution in [0.1, 0.15) is 41.8 Å². The van der Waals surface area contributed by atoms with Crippen molar-refractivity contribution < 1.29 is 4.74 Å². The fourth-order valence-corrected chi connectivity index (χ4v) is 5.86. The molecule has 2 unspecified atom stereocenters. The number of thiophene rings is 1. The van der Waals surface area contributed by atoms with Crippen molar-refractivity contribution in [2.75, 3.05) is 7.11 Å². The number of hydrogen-bond acceptors (Lipinski definition) is 5. The summed E-state index contributed by atoms with van der Waals surface area (Å²) >= 11 is 3.37. The number of nitrogens with one attached hydrogen (secondary N) is 1. The van der Waals surface area contributed by atoms with Crippen LogP contribution in [0.15, 0.2) is 34.0 Å². The van der Waals surface area contributed by atoms with Gasteiger partial charge in [0.2, 0.25) is 0 Å². The number of aryl methyl sites for hydroxylation is 1. The van der Waals surface area contributed by atoms with Crippen LogP contribution in [0.5, 0.6) is 5.75 Å². The quantitative estimate of drug-likeness (QED) is 0.643. The molecule has 1 aliphatic carbocycles. The van der Waals surface area contributed by atoms with Crippen molar-refractivity contribution in [2.24, 2.45) is 5.92 Å². The van der Waals surface area contributed by atoms with E-state index in [-0.39, 0.29) is 10.8 Å².